The van der Waals surface area contributed by atoms with Crippen molar-refractivity contribution >= 4 is 11.7 Å². The Kier molecular flexibility index (Phi) is 6.97. The molecule has 0 aromatic heterocycles. The molecule has 0 bridgehead atoms. The number of ketones is 1. The number of carbonyl (C=O) groups excluding carboxylic acids is 2. The molecule has 0 heterocycles. The smallest absolute Gasteiger partial charge is 0.220 e. The first-order chi connectivity index (χ1) is 7.44. The SMILES string of the molecule is CCC(C)(C)C(=O)CCC(=O)NCCOC. The van der Waals surface area contributed by atoms with Crippen LogP contribution in [0.1, 0.15) is 40.0 Å². The molecule has 0 aliphatic carbocycles. The molecule has 0 aliphatic heterocycles. The summed E-state index contributed by atoms with van der Waals surface area (Å²) in [6.45, 7) is 6.81. The van der Waals surface area contributed by atoms with E-state index in [1.165, 1.54) is 0 Å². The van der Waals surface area contributed by atoms with Gasteiger partial charge in [-0.05, 0) is 6.42 Å². The summed E-state index contributed by atoms with van der Waals surface area (Å²) in [6.07, 6.45) is 1.39. The highest BCUT2D eigenvalue weighted by atomic mass is 16.5. The summed E-state index contributed by atoms with van der Waals surface area (Å²) in [5, 5.41) is 2.69. The van der Waals surface area contributed by atoms with Gasteiger partial charge in [0.25, 0.3) is 0 Å². The molecule has 0 saturated carbocycles. The van der Waals surface area contributed by atoms with Crippen LogP contribution in [0.4, 0.5) is 0 Å². The van der Waals surface area contributed by atoms with E-state index in [0.29, 0.717) is 19.6 Å². The Labute approximate surface area is 97.7 Å². The van der Waals surface area contributed by atoms with Crippen LogP contribution in [0.5, 0.6) is 0 Å². The van der Waals surface area contributed by atoms with Crippen LogP contribution in [0, 0.1) is 5.41 Å². The quantitative estimate of drug-likeness (QED) is 0.642. The van der Waals surface area contributed by atoms with E-state index in [1.807, 2.05) is 20.8 Å². The van der Waals surface area contributed by atoms with E-state index in [9.17, 15) is 9.59 Å². The van der Waals surface area contributed by atoms with Gasteiger partial charge in [0.15, 0.2) is 0 Å². The fraction of sp³-hybridized carbons (Fsp3) is 0.833. The maximum absolute atomic E-state index is 11.7. The van der Waals surface area contributed by atoms with E-state index >= 15 is 0 Å². The number of Topliss-reactive ketones (excluding diaryl/α,β-unsaturated/α-hetero) is 1. The Morgan fingerprint density at radius 2 is 1.88 bits per heavy atom. The minimum Gasteiger partial charge on any atom is -0.383 e. The molecule has 16 heavy (non-hydrogen) atoms. The van der Waals surface area contributed by atoms with Crippen LogP contribution in [0.15, 0.2) is 0 Å². The maximum Gasteiger partial charge on any atom is 0.220 e. The Bertz CT molecular complexity index is 236. The van der Waals surface area contributed by atoms with E-state index in [0.717, 1.165) is 6.42 Å². The van der Waals surface area contributed by atoms with Crippen molar-refractivity contribution in [2.24, 2.45) is 5.41 Å². The van der Waals surface area contributed by atoms with Crippen LogP contribution in [-0.2, 0) is 14.3 Å². The molecule has 4 nitrogen and oxygen atoms in total. The topological polar surface area (TPSA) is 55.4 Å². The van der Waals surface area contributed by atoms with Crippen LogP contribution in [-0.4, -0.2) is 32.0 Å². The number of amides is 1. The largest absolute Gasteiger partial charge is 0.383 e. The van der Waals surface area contributed by atoms with Crippen LogP contribution in [0.3, 0.4) is 0 Å². The Morgan fingerprint density at radius 3 is 2.38 bits per heavy atom. The van der Waals surface area contributed by atoms with Crippen molar-refractivity contribution in [1.82, 2.24) is 5.32 Å². The normalized spacial score (nSPS) is 11.2. The van der Waals surface area contributed by atoms with Gasteiger partial charge in [0, 0.05) is 31.9 Å². The summed E-state index contributed by atoms with van der Waals surface area (Å²) in [5.41, 5.74) is -0.313. The molecule has 0 aliphatic rings. The second-order valence-electron chi connectivity index (χ2n) is 4.50. The lowest BCUT2D eigenvalue weighted by atomic mass is 9.83. The Hall–Kier alpha value is -0.900. The van der Waals surface area contributed by atoms with Crippen LogP contribution in [0.2, 0.25) is 0 Å². The van der Waals surface area contributed by atoms with E-state index < -0.39 is 0 Å². The van der Waals surface area contributed by atoms with Crippen LogP contribution < -0.4 is 5.32 Å². The lowest BCUT2D eigenvalue weighted by Gasteiger charge is -2.20. The molecular weight excluding hydrogens is 206 g/mol. The molecule has 4 heteroatoms. The summed E-state index contributed by atoms with van der Waals surface area (Å²) in [5.74, 6) is 0.0641. The third kappa shape index (κ3) is 5.85. The number of carbonyl (C=O) groups is 2. The predicted octanol–water partition coefficient (Wildman–Crippen LogP) is 1.53. The zero-order valence-electron chi connectivity index (χ0n) is 10.8. The number of rotatable bonds is 8. The second-order valence-corrected chi connectivity index (χ2v) is 4.50. The third-order valence-corrected chi connectivity index (χ3v) is 2.85. The first kappa shape index (κ1) is 15.1. The zero-order chi connectivity index (χ0) is 12.6. The summed E-state index contributed by atoms with van der Waals surface area (Å²) < 4.78 is 4.81. The fourth-order valence-electron chi connectivity index (χ4n) is 1.14. The molecule has 0 fully saturated rings. The number of methoxy groups -OCH3 is 1. The average Bonchev–Trinajstić information content (AvgIpc) is 2.26. The predicted molar refractivity (Wildman–Crippen MR) is 63.2 cm³/mol. The Morgan fingerprint density at radius 1 is 1.25 bits per heavy atom. The molecule has 0 aromatic rings. The number of hydrogen-bond donors (Lipinski definition) is 1. The van der Waals surface area contributed by atoms with Gasteiger partial charge in [0.1, 0.15) is 5.78 Å². The summed E-state index contributed by atoms with van der Waals surface area (Å²) >= 11 is 0. The average molecular weight is 229 g/mol. The first-order valence-corrected chi connectivity index (χ1v) is 5.73. The molecule has 0 radical (unpaired) electrons. The van der Waals surface area contributed by atoms with Gasteiger partial charge in [0.05, 0.1) is 6.61 Å². The molecule has 0 atom stereocenters. The first-order valence-electron chi connectivity index (χ1n) is 5.73. The number of nitrogens with one attached hydrogen (secondary N) is 1. The summed E-state index contributed by atoms with van der Waals surface area (Å²) in [7, 11) is 1.58. The summed E-state index contributed by atoms with van der Waals surface area (Å²) in [4.78, 5) is 23.0. The van der Waals surface area contributed by atoms with E-state index in [4.69, 9.17) is 4.74 Å². The van der Waals surface area contributed by atoms with E-state index in [-0.39, 0.29) is 23.5 Å². The molecule has 0 saturated heterocycles. The lowest BCUT2D eigenvalue weighted by Crippen LogP contribution is -2.29. The van der Waals surface area contributed by atoms with Crippen molar-refractivity contribution in [1.29, 1.82) is 0 Å². The second kappa shape index (κ2) is 7.39. The van der Waals surface area contributed by atoms with Gasteiger partial charge < -0.3 is 10.1 Å². The summed E-state index contributed by atoms with van der Waals surface area (Å²) in [6, 6.07) is 0. The van der Waals surface area contributed by atoms with Crippen molar-refractivity contribution in [2.75, 3.05) is 20.3 Å². The molecular formula is C12H23NO3. The van der Waals surface area contributed by atoms with E-state index in [2.05, 4.69) is 5.32 Å². The molecule has 0 spiro atoms. The zero-order valence-corrected chi connectivity index (χ0v) is 10.8. The fourth-order valence-corrected chi connectivity index (χ4v) is 1.14. The van der Waals surface area contributed by atoms with Gasteiger partial charge in [0.2, 0.25) is 5.91 Å². The molecule has 94 valence electrons. The van der Waals surface area contributed by atoms with Crippen molar-refractivity contribution in [3.8, 4) is 0 Å². The minimum atomic E-state index is -0.313. The van der Waals surface area contributed by atoms with Gasteiger partial charge in [-0.15, -0.1) is 0 Å². The highest BCUT2D eigenvalue weighted by Gasteiger charge is 2.24. The van der Waals surface area contributed by atoms with Crippen molar-refractivity contribution in [3.63, 3.8) is 0 Å². The standard InChI is InChI=1S/C12H23NO3/c1-5-12(2,3)10(14)6-7-11(15)13-8-9-16-4/h5-9H2,1-4H3,(H,13,15). The highest BCUT2D eigenvalue weighted by Crippen LogP contribution is 2.23. The monoisotopic (exact) mass is 229 g/mol. The van der Waals surface area contributed by atoms with Crippen LogP contribution in [0.25, 0.3) is 0 Å². The van der Waals surface area contributed by atoms with Gasteiger partial charge in [-0.25, -0.2) is 0 Å². The maximum atomic E-state index is 11.7. The lowest BCUT2D eigenvalue weighted by molar-refractivity contribution is -0.130. The van der Waals surface area contributed by atoms with Crippen LogP contribution >= 0.6 is 0 Å². The number of ether oxygens (including phenoxy) is 1. The van der Waals surface area contributed by atoms with E-state index in [1.54, 1.807) is 7.11 Å². The molecule has 1 amide bonds. The minimum absolute atomic E-state index is 0.0858. The van der Waals surface area contributed by atoms with Crippen molar-refractivity contribution in [3.05, 3.63) is 0 Å². The van der Waals surface area contributed by atoms with Gasteiger partial charge in [-0.1, -0.05) is 20.8 Å². The molecule has 0 rings (SSSR count). The van der Waals surface area contributed by atoms with Gasteiger partial charge in [-0.2, -0.15) is 0 Å². The molecule has 0 aromatic carbocycles. The van der Waals surface area contributed by atoms with Gasteiger partial charge >= 0.3 is 0 Å². The molecule has 0 unspecified atom stereocenters. The highest BCUT2D eigenvalue weighted by molar-refractivity contribution is 5.88. The Balaban J connectivity index is 3.80. The van der Waals surface area contributed by atoms with Crippen molar-refractivity contribution < 1.29 is 14.3 Å². The van der Waals surface area contributed by atoms with Gasteiger partial charge in [-0.3, -0.25) is 9.59 Å². The molecule has 1 N–H and O–H groups in total. The third-order valence-electron chi connectivity index (χ3n) is 2.85. The number of hydrogen-bond acceptors (Lipinski definition) is 3. The van der Waals surface area contributed by atoms with Crippen molar-refractivity contribution in [2.45, 2.75) is 40.0 Å².